The fourth-order valence-corrected chi connectivity index (χ4v) is 4.69. The lowest BCUT2D eigenvalue weighted by Gasteiger charge is -2.28. The molecule has 3 rings (SSSR count). The minimum Gasteiger partial charge on any atom is -0.302 e. The van der Waals surface area contributed by atoms with Crippen LogP contribution in [0.15, 0.2) is 23.1 Å². The van der Waals surface area contributed by atoms with E-state index >= 15 is 0 Å². The summed E-state index contributed by atoms with van der Waals surface area (Å²) in [5.74, 6) is 0. The summed E-state index contributed by atoms with van der Waals surface area (Å²) in [5, 5.41) is 0. The van der Waals surface area contributed by atoms with Gasteiger partial charge < -0.3 is 4.90 Å². The first-order valence-electron chi connectivity index (χ1n) is 8.38. The van der Waals surface area contributed by atoms with Crippen molar-refractivity contribution in [2.45, 2.75) is 43.4 Å². The molecule has 0 spiro atoms. The number of hydrogen-bond acceptors (Lipinski definition) is 3. The Hall–Kier alpha value is -0.910. The van der Waals surface area contributed by atoms with Crippen molar-refractivity contribution in [1.29, 1.82) is 0 Å². The van der Waals surface area contributed by atoms with Crippen LogP contribution in [0.2, 0.25) is 0 Å². The van der Waals surface area contributed by atoms with E-state index in [2.05, 4.69) is 4.90 Å². The number of nitrogens with zero attached hydrogens (tertiary/aromatic N) is 2. The van der Waals surface area contributed by atoms with Gasteiger partial charge in [-0.15, -0.1) is 0 Å². The molecule has 1 aromatic rings. The smallest absolute Gasteiger partial charge is 0.242 e. The molecule has 0 saturated carbocycles. The van der Waals surface area contributed by atoms with Gasteiger partial charge in [0.2, 0.25) is 10.0 Å². The summed E-state index contributed by atoms with van der Waals surface area (Å²) < 4.78 is 26.9. The van der Waals surface area contributed by atoms with E-state index in [0.717, 1.165) is 38.9 Å². The molecule has 1 saturated heterocycles. The fraction of sp³-hybridized carbons (Fsp3) is 0.647. The number of sulfonamides is 1. The molecule has 0 radical (unpaired) electrons. The molecule has 22 heavy (non-hydrogen) atoms. The molecule has 1 aliphatic heterocycles. The first-order valence-corrected chi connectivity index (χ1v) is 9.82. The summed E-state index contributed by atoms with van der Waals surface area (Å²) in [7, 11) is -1.65. The Morgan fingerprint density at radius 1 is 1.05 bits per heavy atom. The van der Waals surface area contributed by atoms with Gasteiger partial charge in [-0.05, 0) is 68.5 Å². The standard InChI is InChI=1S/C17H26N2O2S/c1-18(12-13-19-10-3-2-4-11-19)22(20,21)17-9-8-15-6-5-7-16(15)14-17/h8-9,14H,2-7,10-13H2,1H3. The van der Waals surface area contributed by atoms with Crippen LogP contribution in [0.1, 0.15) is 36.8 Å². The quantitative estimate of drug-likeness (QED) is 0.835. The number of piperidine rings is 1. The Kier molecular flexibility index (Phi) is 4.85. The highest BCUT2D eigenvalue weighted by atomic mass is 32.2. The van der Waals surface area contributed by atoms with E-state index in [4.69, 9.17) is 0 Å². The average molecular weight is 322 g/mol. The molecule has 0 unspecified atom stereocenters. The first-order chi connectivity index (χ1) is 10.6. The van der Waals surface area contributed by atoms with Gasteiger partial charge in [0, 0.05) is 20.1 Å². The van der Waals surface area contributed by atoms with Gasteiger partial charge in [0.1, 0.15) is 0 Å². The molecule has 1 aromatic carbocycles. The third-order valence-electron chi connectivity index (χ3n) is 4.96. The lowest BCUT2D eigenvalue weighted by atomic mass is 10.1. The van der Waals surface area contributed by atoms with E-state index < -0.39 is 10.0 Å². The molecule has 1 fully saturated rings. The maximum absolute atomic E-state index is 12.7. The van der Waals surface area contributed by atoms with Crippen LogP contribution in [0.3, 0.4) is 0 Å². The monoisotopic (exact) mass is 322 g/mol. The van der Waals surface area contributed by atoms with Gasteiger partial charge in [0.05, 0.1) is 4.90 Å². The Morgan fingerprint density at radius 2 is 1.77 bits per heavy atom. The van der Waals surface area contributed by atoms with Crippen LogP contribution in [0, 0.1) is 0 Å². The summed E-state index contributed by atoms with van der Waals surface area (Å²) in [6, 6.07) is 5.65. The molecule has 5 heteroatoms. The molecule has 0 bridgehead atoms. The van der Waals surface area contributed by atoms with Crippen LogP contribution >= 0.6 is 0 Å². The predicted molar refractivity (Wildman–Crippen MR) is 88.6 cm³/mol. The van der Waals surface area contributed by atoms with E-state index in [1.807, 2.05) is 12.1 Å². The van der Waals surface area contributed by atoms with Crippen LogP contribution in [-0.2, 0) is 22.9 Å². The van der Waals surface area contributed by atoms with Crippen molar-refractivity contribution in [3.8, 4) is 0 Å². The zero-order valence-electron chi connectivity index (χ0n) is 13.4. The third kappa shape index (κ3) is 3.36. The second-order valence-corrected chi connectivity index (χ2v) is 8.56. The number of likely N-dealkylation sites (N-methyl/N-ethyl adjacent to an activating group) is 1. The van der Waals surface area contributed by atoms with Gasteiger partial charge in [-0.3, -0.25) is 0 Å². The number of benzene rings is 1. The van der Waals surface area contributed by atoms with Gasteiger partial charge in [0.25, 0.3) is 0 Å². The zero-order valence-corrected chi connectivity index (χ0v) is 14.2. The lowest BCUT2D eigenvalue weighted by molar-refractivity contribution is 0.218. The second kappa shape index (κ2) is 6.69. The van der Waals surface area contributed by atoms with Crippen LogP contribution < -0.4 is 0 Å². The van der Waals surface area contributed by atoms with E-state index in [0.29, 0.717) is 11.4 Å². The van der Waals surface area contributed by atoms with Gasteiger partial charge in [0.15, 0.2) is 0 Å². The molecule has 1 aliphatic carbocycles. The highest BCUT2D eigenvalue weighted by Crippen LogP contribution is 2.26. The molecule has 0 aromatic heterocycles. The highest BCUT2D eigenvalue weighted by molar-refractivity contribution is 7.89. The molecule has 0 amide bonds. The largest absolute Gasteiger partial charge is 0.302 e. The first kappa shape index (κ1) is 16.0. The van der Waals surface area contributed by atoms with Crippen LogP contribution in [0.25, 0.3) is 0 Å². The van der Waals surface area contributed by atoms with Crippen molar-refractivity contribution in [3.63, 3.8) is 0 Å². The number of rotatable bonds is 5. The molecule has 0 N–H and O–H groups in total. The summed E-state index contributed by atoms with van der Waals surface area (Å²) >= 11 is 0. The topological polar surface area (TPSA) is 40.6 Å². The van der Waals surface area contributed by atoms with Gasteiger partial charge >= 0.3 is 0 Å². The molecule has 2 aliphatic rings. The van der Waals surface area contributed by atoms with E-state index in [1.54, 1.807) is 13.1 Å². The Bertz CT molecular complexity index is 622. The number of fused-ring (bicyclic) bond motifs is 1. The summed E-state index contributed by atoms with van der Waals surface area (Å²) in [4.78, 5) is 2.83. The third-order valence-corrected chi connectivity index (χ3v) is 6.81. The number of hydrogen-bond donors (Lipinski definition) is 0. The average Bonchev–Trinajstić information content (AvgIpc) is 3.01. The lowest BCUT2D eigenvalue weighted by Crippen LogP contribution is -2.38. The van der Waals surface area contributed by atoms with E-state index in [9.17, 15) is 8.42 Å². The van der Waals surface area contributed by atoms with Gasteiger partial charge in [-0.2, -0.15) is 4.31 Å². The number of aryl methyl sites for hydroxylation is 2. The normalized spacial score (nSPS) is 19.5. The maximum Gasteiger partial charge on any atom is 0.242 e. The summed E-state index contributed by atoms with van der Waals surface area (Å²) in [5.41, 5.74) is 2.53. The van der Waals surface area contributed by atoms with Crippen molar-refractivity contribution in [1.82, 2.24) is 9.21 Å². The molecule has 4 nitrogen and oxygen atoms in total. The van der Waals surface area contributed by atoms with E-state index in [1.165, 1.54) is 34.7 Å². The Morgan fingerprint density at radius 3 is 2.55 bits per heavy atom. The van der Waals surface area contributed by atoms with Gasteiger partial charge in [-0.25, -0.2) is 8.42 Å². The minimum atomic E-state index is -3.35. The Labute approximate surface area is 134 Å². The van der Waals surface area contributed by atoms with Crippen molar-refractivity contribution in [2.75, 3.05) is 33.2 Å². The molecular weight excluding hydrogens is 296 g/mol. The molecule has 122 valence electrons. The SMILES string of the molecule is CN(CCN1CCCCC1)S(=O)(=O)c1ccc2c(c1)CCC2. The van der Waals surface area contributed by atoms with E-state index in [-0.39, 0.29) is 0 Å². The van der Waals surface area contributed by atoms with Crippen LogP contribution in [0.4, 0.5) is 0 Å². The fourth-order valence-electron chi connectivity index (χ4n) is 3.47. The van der Waals surface area contributed by atoms with Crippen molar-refractivity contribution >= 4 is 10.0 Å². The minimum absolute atomic E-state index is 0.453. The predicted octanol–water partition coefficient (Wildman–Crippen LogP) is 2.28. The number of likely N-dealkylation sites (tertiary alicyclic amines) is 1. The molecule has 0 atom stereocenters. The maximum atomic E-state index is 12.7. The molecule has 1 heterocycles. The highest BCUT2D eigenvalue weighted by Gasteiger charge is 2.23. The second-order valence-electron chi connectivity index (χ2n) is 6.51. The van der Waals surface area contributed by atoms with Crippen LogP contribution in [0.5, 0.6) is 0 Å². The summed E-state index contributed by atoms with van der Waals surface area (Å²) in [6.45, 7) is 3.61. The molecular formula is C17H26N2O2S. The van der Waals surface area contributed by atoms with Crippen molar-refractivity contribution < 1.29 is 8.42 Å². The summed E-state index contributed by atoms with van der Waals surface area (Å²) in [6.07, 6.45) is 7.02. The van der Waals surface area contributed by atoms with Crippen LogP contribution in [-0.4, -0.2) is 50.8 Å². The van der Waals surface area contributed by atoms with Crippen molar-refractivity contribution in [2.24, 2.45) is 0 Å². The van der Waals surface area contributed by atoms with Gasteiger partial charge in [-0.1, -0.05) is 12.5 Å². The zero-order chi connectivity index (χ0) is 15.6. The van der Waals surface area contributed by atoms with Crippen molar-refractivity contribution in [3.05, 3.63) is 29.3 Å². The Balaban J connectivity index is 1.66.